The first-order chi connectivity index (χ1) is 15.4. The van der Waals surface area contributed by atoms with Crippen molar-refractivity contribution in [2.24, 2.45) is 0 Å². The van der Waals surface area contributed by atoms with Crippen LogP contribution in [0.5, 0.6) is 23.0 Å². The highest BCUT2D eigenvalue weighted by Gasteiger charge is 2.20. The molecular formula is C24H25N3O4S. The number of aromatic nitrogens is 3. The molecule has 32 heavy (non-hydrogen) atoms. The average molecular weight is 452 g/mol. The van der Waals surface area contributed by atoms with Crippen molar-refractivity contribution in [1.29, 1.82) is 0 Å². The number of aromatic amines is 1. The largest absolute Gasteiger partial charge is 0.496 e. The number of ether oxygens (including phenoxy) is 3. The molecule has 0 aliphatic carbocycles. The summed E-state index contributed by atoms with van der Waals surface area (Å²) in [6.45, 7) is 5.85. The minimum atomic E-state index is -1.44. The van der Waals surface area contributed by atoms with Gasteiger partial charge in [0.15, 0.2) is 16.7 Å². The first-order valence-corrected chi connectivity index (χ1v) is 11.4. The van der Waals surface area contributed by atoms with Gasteiger partial charge in [-0.25, -0.2) is 4.98 Å². The van der Waals surface area contributed by atoms with E-state index in [4.69, 9.17) is 14.2 Å². The van der Waals surface area contributed by atoms with Crippen molar-refractivity contribution >= 4 is 21.8 Å². The number of benzene rings is 2. The molecule has 0 amide bonds. The Hall–Kier alpha value is -3.39. The van der Waals surface area contributed by atoms with Gasteiger partial charge in [0.1, 0.15) is 17.0 Å². The van der Waals surface area contributed by atoms with Gasteiger partial charge < -0.3 is 19.2 Å². The number of pyridine rings is 1. The SMILES string of the molecule is COc1ccc2[nH]c([S@@](=O)Cc3ncc(C)c(OC)c3C)nc2c1Oc1cccc(C)c1. The van der Waals surface area contributed by atoms with Gasteiger partial charge in [-0.2, -0.15) is 0 Å². The molecule has 2 heterocycles. The van der Waals surface area contributed by atoms with E-state index in [1.54, 1.807) is 26.5 Å². The number of fused-ring (bicyclic) bond motifs is 1. The second-order valence-electron chi connectivity index (χ2n) is 7.49. The van der Waals surface area contributed by atoms with Crippen molar-refractivity contribution < 1.29 is 18.4 Å². The number of nitrogens with one attached hydrogen (secondary N) is 1. The Labute approximate surface area is 189 Å². The van der Waals surface area contributed by atoms with Crippen LogP contribution >= 0.6 is 0 Å². The summed E-state index contributed by atoms with van der Waals surface area (Å²) in [7, 11) is 1.76. The summed E-state index contributed by atoms with van der Waals surface area (Å²) in [5.41, 5.74) is 4.87. The predicted molar refractivity (Wildman–Crippen MR) is 124 cm³/mol. The number of hydrogen-bond acceptors (Lipinski definition) is 6. The normalized spacial score (nSPS) is 12.0. The number of nitrogens with zero attached hydrogens (tertiary/aromatic N) is 2. The maximum absolute atomic E-state index is 13.2. The third kappa shape index (κ3) is 4.18. The fourth-order valence-electron chi connectivity index (χ4n) is 3.58. The predicted octanol–water partition coefficient (Wildman–Crippen LogP) is 5.00. The Bertz CT molecular complexity index is 1320. The zero-order valence-electron chi connectivity index (χ0n) is 18.7. The fourth-order valence-corrected chi connectivity index (χ4v) is 4.68. The second-order valence-corrected chi connectivity index (χ2v) is 8.86. The fraction of sp³-hybridized carbons (Fsp3) is 0.250. The smallest absolute Gasteiger partial charge is 0.197 e. The van der Waals surface area contributed by atoms with E-state index in [2.05, 4.69) is 15.0 Å². The molecule has 4 rings (SSSR count). The average Bonchev–Trinajstić information content (AvgIpc) is 3.21. The maximum Gasteiger partial charge on any atom is 0.197 e. The summed E-state index contributed by atoms with van der Waals surface area (Å²) >= 11 is 0. The zero-order chi connectivity index (χ0) is 22.8. The topological polar surface area (TPSA) is 86.3 Å². The summed E-state index contributed by atoms with van der Waals surface area (Å²) in [6, 6.07) is 11.4. The van der Waals surface area contributed by atoms with Gasteiger partial charge in [-0.15, -0.1) is 0 Å². The van der Waals surface area contributed by atoms with Crippen LogP contribution in [0.4, 0.5) is 0 Å². The van der Waals surface area contributed by atoms with Crippen LogP contribution in [0.3, 0.4) is 0 Å². The molecule has 4 aromatic rings. The van der Waals surface area contributed by atoms with Gasteiger partial charge in [-0.05, 0) is 50.6 Å². The summed E-state index contributed by atoms with van der Waals surface area (Å²) in [6.07, 6.45) is 1.73. The van der Waals surface area contributed by atoms with E-state index < -0.39 is 10.8 Å². The van der Waals surface area contributed by atoms with E-state index in [-0.39, 0.29) is 5.75 Å². The van der Waals surface area contributed by atoms with Gasteiger partial charge in [-0.1, -0.05) is 12.1 Å². The Morgan fingerprint density at radius 2 is 1.84 bits per heavy atom. The summed E-state index contributed by atoms with van der Waals surface area (Å²) in [5.74, 6) is 2.67. The van der Waals surface area contributed by atoms with Gasteiger partial charge in [0.05, 0.1) is 42.0 Å². The molecule has 0 aliphatic heterocycles. The standard InChI is InChI=1S/C24H25N3O4S/c1-14-7-6-8-17(11-14)31-23-20(29-4)10-9-18-21(23)27-24(26-18)32(28)13-19-16(3)22(30-5)15(2)12-25-19/h6-12H,13H2,1-5H3,(H,26,27)/t32-/m0/s1. The van der Waals surface area contributed by atoms with Crippen molar-refractivity contribution in [3.8, 4) is 23.0 Å². The van der Waals surface area contributed by atoms with Gasteiger partial charge in [0, 0.05) is 17.3 Å². The molecule has 2 aromatic carbocycles. The van der Waals surface area contributed by atoms with Gasteiger partial charge >= 0.3 is 0 Å². The van der Waals surface area contributed by atoms with Crippen LogP contribution in [0.25, 0.3) is 11.0 Å². The zero-order valence-corrected chi connectivity index (χ0v) is 19.5. The molecule has 0 saturated carbocycles. The van der Waals surface area contributed by atoms with E-state index in [0.29, 0.717) is 39.1 Å². The molecule has 7 nitrogen and oxygen atoms in total. The lowest BCUT2D eigenvalue weighted by atomic mass is 10.1. The molecule has 0 radical (unpaired) electrons. The molecule has 1 atom stereocenters. The first-order valence-electron chi connectivity index (χ1n) is 10.1. The Morgan fingerprint density at radius 1 is 1.03 bits per heavy atom. The third-order valence-electron chi connectivity index (χ3n) is 5.21. The highest BCUT2D eigenvalue weighted by atomic mass is 32.2. The number of H-pyrrole nitrogens is 1. The van der Waals surface area contributed by atoms with Gasteiger partial charge in [-0.3, -0.25) is 9.19 Å². The van der Waals surface area contributed by atoms with E-state index in [1.165, 1.54) is 0 Å². The highest BCUT2D eigenvalue weighted by Crippen LogP contribution is 2.38. The quantitative estimate of drug-likeness (QED) is 0.426. The van der Waals surface area contributed by atoms with Crippen LogP contribution in [0.2, 0.25) is 0 Å². The van der Waals surface area contributed by atoms with Crippen LogP contribution in [0, 0.1) is 20.8 Å². The van der Waals surface area contributed by atoms with Crippen LogP contribution in [0.1, 0.15) is 22.4 Å². The molecule has 0 saturated heterocycles. The molecule has 166 valence electrons. The Kier molecular flexibility index (Phi) is 6.14. The molecule has 0 unspecified atom stereocenters. The summed E-state index contributed by atoms with van der Waals surface area (Å²) in [4.78, 5) is 12.2. The number of hydrogen-bond donors (Lipinski definition) is 1. The van der Waals surface area contributed by atoms with E-state index in [0.717, 1.165) is 22.4 Å². The highest BCUT2D eigenvalue weighted by molar-refractivity contribution is 7.84. The molecule has 2 aromatic heterocycles. The van der Waals surface area contributed by atoms with Crippen molar-refractivity contribution in [3.05, 3.63) is 65.0 Å². The van der Waals surface area contributed by atoms with Crippen LogP contribution in [-0.4, -0.2) is 33.4 Å². The van der Waals surface area contributed by atoms with Crippen molar-refractivity contribution in [3.63, 3.8) is 0 Å². The van der Waals surface area contributed by atoms with Crippen molar-refractivity contribution in [1.82, 2.24) is 15.0 Å². The van der Waals surface area contributed by atoms with E-state index >= 15 is 0 Å². The second kappa shape index (κ2) is 9.00. The lowest BCUT2D eigenvalue weighted by Crippen LogP contribution is -2.05. The number of aryl methyl sites for hydroxylation is 2. The lowest BCUT2D eigenvalue weighted by Gasteiger charge is -2.11. The van der Waals surface area contributed by atoms with Crippen molar-refractivity contribution in [2.45, 2.75) is 31.7 Å². The Balaban J connectivity index is 1.70. The minimum Gasteiger partial charge on any atom is -0.496 e. The first kappa shape index (κ1) is 21.8. The van der Waals surface area contributed by atoms with Crippen molar-refractivity contribution in [2.75, 3.05) is 14.2 Å². The Morgan fingerprint density at radius 3 is 2.56 bits per heavy atom. The maximum atomic E-state index is 13.2. The lowest BCUT2D eigenvalue weighted by molar-refractivity contribution is 0.381. The monoisotopic (exact) mass is 451 g/mol. The molecule has 8 heteroatoms. The molecule has 0 bridgehead atoms. The number of rotatable bonds is 7. The number of methoxy groups -OCH3 is 2. The van der Waals surface area contributed by atoms with Gasteiger partial charge in [0.2, 0.25) is 0 Å². The molecule has 0 fully saturated rings. The minimum absolute atomic E-state index is 0.216. The van der Waals surface area contributed by atoms with E-state index in [1.807, 2.05) is 51.1 Å². The van der Waals surface area contributed by atoms with Crippen LogP contribution < -0.4 is 14.2 Å². The van der Waals surface area contributed by atoms with Gasteiger partial charge in [0.25, 0.3) is 0 Å². The van der Waals surface area contributed by atoms with Crippen LogP contribution in [0.15, 0.2) is 47.8 Å². The van der Waals surface area contributed by atoms with E-state index in [9.17, 15) is 4.21 Å². The third-order valence-corrected chi connectivity index (χ3v) is 6.37. The molecular weight excluding hydrogens is 426 g/mol. The molecule has 1 N–H and O–H groups in total. The summed E-state index contributed by atoms with van der Waals surface area (Å²) in [5, 5.41) is 0.350. The summed E-state index contributed by atoms with van der Waals surface area (Å²) < 4.78 is 30.2. The number of imidazole rings is 1. The molecule has 0 aliphatic rings. The molecule has 0 spiro atoms. The van der Waals surface area contributed by atoms with Crippen LogP contribution in [-0.2, 0) is 16.6 Å².